The quantitative estimate of drug-likeness (QED) is 0.622. The van der Waals surface area contributed by atoms with Gasteiger partial charge in [0.05, 0.1) is 16.3 Å². The summed E-state index contributed by atoms with van der Waals surface area (Å²) in [6.07, 6.45) is 5.02. The van der Waals surface area contributed by atoms with Crippen molar-refractivity contribution in [1.82, 2.24) is 0 Å². The molecular formula is C12H13ClN2. The summed E-state index contributed by atoms with van der Waals surface area (Å²) in [6, 6.07) is 7.51. The van der Waals surface area contributed by atoms with Crippen LogP contribution in [0.3, 0.4) is 0 Å². The van der Waals surface area contributed by atoms with Crippen LogP contribution in [0.4, 0.5) is 5.69 Å². The molecule has 0 aliphatic rings. The molecule has 0 aromatic heterocycles. The smallest absolute Gasteiger partial charge is 0.103 e. The Morgan fingerprint density at radius 3 is 3.00 bits per heavy atom. The number of halogens is 1. The first-order chi connectivity index (χ1) is 7.29. The van der Waals surface area contributed by atoms with Crippen molar-refractivity contribution >= 4 is 17.3 Å². The van der Waals surface area contributed by atoms with Crippen molar-refractivity contribution in [1.29, 1.82) is 5.26 Å². The fourth-order valence-electron chi connectivity index (χ4n) is 1.24. The highest BCUT2D eigenvalue weighted by Gasteiger charge is 2.04. The zero-order chi connectivity index (χ0) is 11.1. The van der Waals surface area contributed by atoms with Crippen molar-refractivity contribution in [2.24, 2.45) is 0 Å². The van der Waals surface area contributed by atoms with Crippen LogP contribution in [0.2, 0.25) is 5.02 Å². The van der Waals surface area contributed by atoms with E-state index < -0.39 is 0 Å². The third-order valence-corrected chi connectivity index (χ3v) is 2.30. The van der Waals surface area contributed by atoms with E-state index >= 15 is 0 Å². The largest absolute Gasteiger partial charge is 0.384 e. The number of benzene rings is 1. The Hall–Kier alpha value is -1.46. The number of nitriles is 1. The molecule has 2 nitrogen and oxygen atoms in total. The first kappa shape index (κ1) is 11.6. The molecule has 0 aliphatic carbocycles. The van der Waals surface area contributed by atoms with Crippen molar-refractivity contribution in [3.8, 4) is 6.07 Å². The summed E-state index contributed by atoms with van der Waals surface area (Å²) in [7, 11) is 0. The van der Waals surface area contributed by atoms with Gasteiger partial charge in [0, 0.05) is 6.54 Å². The number of nitrogens with zero attached hydrogens (tertiary/aromatic N) is 1. The summed E-state index contributed by atoms with van der Waals surface area (Å²) < 4.78 is 0. The maximum Gasteiger partial charge on any atom is 0.103 e. The van der Waals surface area contributed by atoms with Gasteiger partial charge in [-0.15, -0.1) is 0 Å². The first-order valence-corrected chi connectivity index (χ1v) is 5.21. The number of hydrogen-bond donors (Lipinski definition) is 1. The summed E-state index contributed by atoms with van der Waals surface area (Å²) in [5.74, 6) is 0. The van der Waals surface area contributed by atoms with Gasteiger partial charge in [-0.3, -0.25) is 0 Å². The topological polar surface area (TPSA) is 35.8 Å². The molecule has 0 unspecified atom stereocenters. The Balaban J connectivity index is 2.69. The highest BCUT2D eigenvalue weighted by molar-refractivity contribution is 6.32. The average Bonchev–Trinajstić information content (AvgIpc) is 2.24. The molecule has 1 rings (SSSR count). The zero-order valence-electron chi connectivity index (χ0n) is 8.63. The van der Waals surface area contributed by atoms with Gasteiger partial charge in [0.15, 0.2) is 0 Å². The highest BCUT2D eigenvalue weighted by Crippen LogP contribution is 2.22. The van der Waals surface area contributed by atoms with Crippen LogP contribution in [-0.2, 0) is 0 Å². The van der Waals surface area contributed by atoms with Crippen LogP contribution in [0.25, 0.3) is 0 Å². The van der Waals surface area contributed by atoms with Gasteiger partial charge < -0.3 is 5.32 Å². The molecule has 1 N–H and O–H groups in total. The lowest BCUT2D eigenvalue weighted by atomic mass is 10.2. The van der Waals surface area contributed by atoms with Gasteiger partial charge in [0.1, 0.15) is 6.07 Å². The molecule has 78 valence electrons. The molecule has 0 atom stereocenters. The van der Waals surface area contributed by atoms with Gasteiger partial charge >= 0.3 is 0 Å². The van der Waals surface area contributed by atoms with Gasteiger partial charge in [-0.1, -0.05) is 29.8 Å². The number of allylic oxidation sites excluding steroid dienone is 1. The number of anilines is 1. The van der Waals surface area contributed by atoms with Crippen molar-refractivity contribution in [3.63, 3.8) is 0 Å². The third kappa shape index (κ3) is 3.30. The van der Waals surface area contributed by atoms with Crippen molar-refractivity contribution in [2.75, 3.05) is 11.9 Å². The molecule has 3 heteroatoms. The fraction of sp³-hybridized carbons (Fsp3) is 0.250. The van der Waals surface area contributed by atoms with E-state index in [1.807, 2.05) is 25.1 Å². The molecule has 0 spiro atoms. The van der Waals surface area contributed by atoms with E-state index in [4.69, 9.17) is 16.9 Å². The number of hydrogen-bond acceptors (Lipinski definition) is 2. The van der Waals surface area contributed by atoms with E-state index in [0.717, 1.165) is 18.7 Å². The Morgan fingerprint density at radius 1 is 1.53 bits per heavy atom. The van der Waals surface area contributed by atoms with E-state index in [1.165, 1.54) is 0 Å². The second-order valence-electron chi connectivity index (χ2n) is 3.06. The summed E-state index contributed by atoms with van der Waals surface area (Å²) in [5.41, 5.74) is 1.31. The Morgan fingerprint density at radius 2 is 2.33 bits per heavy atom. The van der Waals surface area contributed by atoms with E-state index in [1.54, 1.807) is 6.07 Å². The second-order valence-corrected chi connectivity index (χ2v) is 3.47. The number of rotatable bonds is 4. The van der Waals surface area contributed by atoms with Crippen molar-refractivity contribution < 1.29 is 0 Å². The standard InChI is InChI=1S/C12H13ClN2/c1-2-3-4-8-15-12-7-5-6-11(13)10(12)9-14/h2-3,5-7,15H,4,8H2,1H3/b3-2+. The predicted molar refractivity (Wildman–Crippen MR) is 64.1 cm³/mol. The SMILES string of the molecule is C/C=C/CCNc1cccc(Cl)c1C#N. The Kier molecular flexibility index (Phi) is 4.73. The molecule has 1 aromatic rings. The Bertz CT molecular complexity index is 391. The van der Waals surface area contributed by atoms with Crippen molar-refractivity contribution in [2.45, 2.75) is 13.3 Å². The maximum atomic E-state index is 8.91. The second kappa shape index (κ2) is 6.10. The van der Waals surface area contributed by atoms with Crippen LogP contribution < -0.4 is 5.32 Å². The van der Waals surface area contributed by atoms with Gasteiger partial charge in [-0.2, -0.15) is 5.26 Å². The zero-order valence-corrected chi connectivity index (χ0v) is 9.38. The third-order valence-electron chi connectivity index (χ3n) is 1.99. The normalized spacial score (nSPS) is 10.2. The van der Waals surface area contributed by atoms with Gasteiger partial charge in [-0.05, 0) is 25.5 Å². The van der Waals surface area contributed by atoms with Gasteiger partial charge in [0.25, 0.3) is 0 Å². The lowest BCUT2D eigenvalue weighted by Gasteiger charge is -2.07. The summed E-state index contributed by atoms with van der Waals surface area (Å²) in [6.45, 7) is 2.79. The van der Waals surface area contributed by atoms with E-state index in [0.29, 0.717) is 10.6 Å². The minimum atomic E-state index is 0.494. The van der Waals surface area contributed by atoms with Crippen LogP contribution in [0.1, 0.15) is 18.9 Å². The lowest BCUT2D eigenvalue weighted by molar-refractivity contribution is 1.06. The first-order valence-electron chi connectivity index (χ1n) is 4.83. The molecule has 0 amide bonds. The summed E-state index contributed by atoms with van der Waals surface area (Å²) in [4.78, 5) is 0. The molecule has 0 heterocycles. The molecule has 0 saturated heterocycles. The van der Waals surface area contributed by atoms with E-state index in [9.17, 15) is 0 Å². The van der Waals surface area contributed by atoms with Crippen molar-refractivity contribution in [3.05, 3.63) is 40.9 Å². The average molecular weight is 221 g/mol. The minimum Gasteiger partial charge on any atom is -0.384 e. The molecule has 15 heavy (non-hydrogen) atoms. The van der Waals surface area contributed by atoms with Crippen LogP contribution >= 0.6 is 11.6 Å². The molecule has 0 fully saturated rings. The fourth-order valence-corrected chi connectivity index (χ4v) is 1.46. The Labute approximate surface area is 95.2 Å². The molecular weight excluding hydrogens is 208 g/mol. The van der Waals surface area contributed by atoms with Crippen LogP contribution in [0, 0.1) is 11.3 Å². The minimum absolute atomic E-state index is 0.494. The molecule has 0 saturated carbocycles. The molecule has 0 radical (unpaired) electrons. The van der Waals surface area contributed by atoms with E-state index in [2.05, 4.69) is 17.5 Å². The molecule has 1 aromatic carbocycles. The van der Waals surface area contributed by atoms with Crippen LogP contribution in [0.5, 0.6) is 0 Å². The molecule has 0 bridgehead atoms. The van der Waals surface area contributed by atoms with E-state index in [-0.39, 0.29) is 0 Å². The highest BCUT2D eigenvalue weighted by atomic mass is 35.5. The van der Waals surface area contributed by atoms with Gasteiger partial charge in [0.2, 0.25) is 0 Å². The predicted octanol–water partition coefficient (Wildman–Crippen LogP) is 3.59. The number of nitrogens with one attached hydrogen (secondary N) is 1. The van der Waals surface area contributed by atoms with Crippen LogP contribution in [0.15, 0.2) is 30.4 Å². The molecule has 0 aliphatic heterocycles. The van der Waals surface area contributed by atoms with Gasteiger partial charge in [-0.25, -0.2) is 0 Å². The lowest BCUT2D eigenvalue weighted by Crippen LogP contribution is -2.02. The van der Waals surface area contributed by atoms with Crippen LogP contribution in [-0.4, -0.2) is 6.54 Å². The monoisotopic (exact) mass is 220 g/mol. The summed E-state index contributed by atoms with van der Waals surface area (Å²) >= 11 is 5.89. The summed E-state index contributed by atoms with van der Waals surface area (Å²) in [5, 5.41) is 12.6. The maximum absolute atomic E-state index is 8.91.